The molecule has 0 saturated heterocycles. The summed E-state index contributed by atoms with van der Waals surface area (Å²) in [4.78, 5) is 12.8. The van der Waals surface area contributed by atoms with Gasteiger partial charge in [0.05, 0.1) is 0 Å². The monoisotopic (exact) mass is 460 g/mol. The van der Waals surface area contributed by atoms with Crippen LogP contribution in [0.2, 0.25) is 5.02 Å². The Hall–Kier alpha value is -3.39. The van der Waals surface area contributed by atoms with Crippen LogP contribution in [0.1, 0.15) is 22.3 Å². The molecule has 33 heavy (non-hydrogen) atoms. The number of benzene rings is 7. The zero-order valence-corrected chi connectivity index (χ0v) is 18.8. The molecule has 0 radical (unpaired) electrons. The Kier molecular flexibility index (Phi) is 3.25. The number of ketones is 1. The molecular formula is C30H14Cl2O. The minimum atomic E-state index is 0.0864. The highest BCUT2D eigenvalue weighted by atomic mass is 35.5. The molecule has 0 saturated carbocycles. The number of fused-ring (bicyclic) bond motifs is 4. The second kappa shape index (κ2) is 5.94. The molecule has 0 spiro atoms. The first-order valence-corrected chi connectivity index (χ1v) is 11.7. The van der Waals surface area contributed by atoms with E-state index in [1.54, 1.807) is 0 Å². The van der Waals surface area contributed by atoms with Gasteiger partial charge in [-0.3, -0.25) is 4.79 Å². The second-order valence-electron chi connectivity index (χ2n) is 9.14. The molecule has 0 N–H and O–H groups in total. The predicted octanol–water partition coefficient (Wildman–Crippen LogP) is 9.30. The number of carbonyl (C=O) groups is 1. The largest absolute Gasteiger partial charge is 0.294 e. The summed E-state index contributed by atoms with van der Waals surface area (Å²) in [7, 11) is 0. The van der Waals surface area contributed by atoms with Crippen molar-refractivity contribution in [3.05, 3.63) is 87.9 Å². The van der Waals surface area contributed by atoms with Crippen molar-refractivity contribution in [3.63, 3.8) is 0 Å². The quantitative estimate of drug-likeness (QED) is 0.162. The standard InChI is InChI=1S/C30H14Cl2O/c31-19-6-5-14-7-15-1-3-18-10-25-22-12-20(32)13-26(33)23(22)8-16-2-4-17-9-24(21(14)11-19)27(15)29(18)30(17)28(16)25/h1-12H,13H2. The van der Waals surface area contributed by atoms with Gasteiger partial charge < -0.3 is 0 Å². The number of hydrogen-bond donors (Lipinski definition) is 0. The summed E-state index contributed by atoms with van der Waals surface area (Å²) in [6, 6.07) is 23.7. The summed E-state index contributed by atoms with van der Waals surface area (Å²) in [5.41, 5.74) is 1.71. The highest BCUT2D eigenvalue weighted by molar-refractivity contribution is 6.41. The Balaban J connectivity index is 1.69. The molecule has 0 aromatic heterocycles. The van der Waals surface area contributed by atoms with E-state index in [0.29, 0.717) is 5.03 Å². The summed E-state index contributed by atoms with van der Waals surface area (Å²) in [6.45, 7) is 0. The first kappa shape index (κ1) is 18.1. The summed E-state index contributed by atoms with van der Waals surface area (Å²) in [5.74, 6) is 0.0864. The van der Waals surface area contributed by atoms with E-state index < -0.39 is 0 Å². The maximum Gasteiger partial charge on any atom is 0.168 e. The zero-order chi connectivity index (χ0) is 22.0. The van der Waals surface area contributed by atoms with Crippen molar-refractivity contribution in [2.45, 2.75) is 6.42 Å². The molecule has 7 aromatic carbocycles. The van der Waals surface area contributed by atoms with Crippen LogP contribution in [0.3, 0.4) is 0 Å². The fourth-order valence-corrected chi connectivity index (χ4v) is 6.43. The number of halogens is 2. The summed E-state index contributed by atoms with van der Waals surface area (Å²) in [5, 5.41) is 15.7. The number of allylic oxidation sites excluding steroid dienone is 1. The van der Waals surface area contributed by atoms with Crippen molar-refractivity contribution in [3.8, 4) is 0 Å². The van der Waals surface area contributed by atoms with Gasteiger partial charge in [-0.05, 0) is 113 Å². The average molecular weight is 461 g/mol. The molecule has 7 aromatic rings. The molecule has 1 aliphatic rings. The lowest BCUT2D eigenvalue weighted by Crippen LogP contribution is -2.07. The molecule has 8 rings (SSSR count). The maximum atomic E-state index is 12.8. The second-order valence-corrected chi connectivity index (χ2v) is 10.1. The molecule has 154 valence electrons. The number of hydrogen-bond acceptors (Lipinski definition) is 1. The van der Waals surface area contributed by atoms with Crippen LogP contribution in [-0.2, 0) is 0 Å². The van der Waals surface area contributed by atoms with Gasteiger partial charge in [-0.15, -0.1) is 0 Å². The van der Waals surface area contributed by atoms with Gasteiger partial charge in [0.15, 0.2) is 5.78 Å². The minimum Gasteiger partial charge on any atom is -0.294 e. The normalized spacial score (nSPS) is 14.5. The van der Waals surface area contributed by atoms with Gasteiger partial charge in [-0.1, -0.05) is 53.5 Å². The molecule has 0 amide bonds. The van der Waals surface area contributed by atoms with E-state index in [-0.39, 0.29) is 12.2 Å². The summed E-state index contributed by atoms with van der Waals surface area (Å²) < 4.78 is 0. The van der Waals surface area contributed by atoms with E-state index in [9.17, 15) is 4.79 Å². The lowest BCUT2D eigenvalue weighted by atomic mass is 9.82. The molecule has 3 heteroatoms. The van der Waals surface area contributed by atoms with Gasteiger partial charge in [0.25, 0.3) is 0 Å². The number of rotatable bonds is 0. The van der Waals surface area contributed by atoms with E-state index in [2.05, 4.69) is 54.6 Å². The van der Waals surface area contributed by atoms with Gasteiger partial charge in [-0.2, -0.15) is 0 Å². The lowest BCUT2D eigenvalue weighted by Gasteiger charge is -2.21. The number of carbonyl (C=O) groups excluding carboxylic acids is 1. The average Bonchev–Trinajstić information content (AvgIpc) is 2.81. The van der Waals surface area contributed by atoms with Crippen LogP contribution in [0, 0.1) is 0 Å². The van der Waals surface area contributed by atoms with Gasteiger partial charge in [-0.25, -0.2) is 0 Å². The predicted molar refractivity (Wildman–Crippen MR) is 142 cm³/mol. The van der Waals surface area contributed by atoms with Gasteiger partial charge >= 0.3 is 0 Å². The Labute approximate surface area is 198 Å². The van der Waals surface area contributed by atoms with Gasteiger partial charge in [0.1, 0.15) is 0 Å². The van der Waals surface area contributed by atoms with E-state index in [1.165, 1.54) is 53.9 Å². The third-order valence-corrected chi connectivity index (χ3v) is 7.83. The Bertz CT molecular complexity index is 2030. The summed E-state index contributed by atoms with van der Waals surface area (Å²) in [6.07, 6.45) is 2.25. The first-order chi connectivity index (χ1) is 16.1. The minimum absolute atomic E-state index is 0.0864. The smallest absolute Gasteiger partial charge is 0.168 e. The van der Waals surface area contributed by atoms with Crippen LogP contribution in [0.4, 0.5) is 0 Å². The Morgan fingerprint density at radius 3 is 1.94 bits per heavy atom. The number of Topliss-reactive ketones (excluding diaryl/α,β-unsaturated/α-hetero) is 1. The topological polar surface area (TPSA) is 17.1 Å². The third kappa shape index (κ3) is 2.22. The van der Waals surface area contributed by atoms with Crippen LogP contribution in [-0.4, -0.2) is 5.78 Å². The van der Waals surface area contributed by atoms with E-state index in [4.69, 9.17) is 23.2 Å². The highest BCUT2D eigenvalue weighted by Crippen LogP contribution is 2.47. The van der Waals surface area contributed by atoms with E-state index in [0.717, 1.165) is 26.9 Å². The molecule has 0 aliphatic heterocycles. The maximum absolute atomic E-state index is 12.8. The van der Waals surface area contributed by atoms with Crippen molar-refractivity contribution in [2.24, 2.45) is 0 Å². The summed E-state index contributed by atoms with van der Waals surface area (Å²) >= 11 is 12.8. The van der Waals surface area contributed by atoms with Crippen molar-refractivity contribution in [1.29, 1.82) is 0 Å². The zero-order valence-electron chi connectivity index (χ0n) is 17.3. The van der Waals surface area contributed by atoms with Crippen LogP contribution >= 0.6 is 23.2 Å². The molecule has 0 bridgehead atoms. The lowest BCUT2D eigenvalue weighted by molar-refractivity contribution is 0.0993. The Morgan fingerprint density at radius 2 is 1.18 bits per heavy atom. The van der Waals surface area contributed by atoms with E-state index >= 15 is 0 Å². The van der Waals surface area contributed by atoms with Crippen molar-refractivity contribution in [1.82, 2.24) is 0 Å². The van der Waals surface area contributed by atoms with Crippen molar-refractivity contribution >= 4 is 99.7 Å². The van der Waals surface area contributed by atoms with E-state index in [1.807, 2.05) is 18.2 Å². The fraction of sp³-hybridized carbons (Fsp3) is 0.0333. The van der Waals surface area contributed by atoms with Crippen molar-refractivity contribution < 1.29 is 4.79 Å². The van der Waals surface area contributed by atoms with Crippen LogP contribution in [0.25, 0.3) is 70.7 Å². The third-order valence-electron chi connectivity index (χ3n) is 7.36. The highest BCUT2D eigenvalue weighted by Gasteiger charge is 2.24. The van der Waals surface area contributed by atoms with Crippen LogP contribution in [0.5, 0.6) is 0 Å². The van der Waals surface area contributed by atoms with Crippen LogP contribution in [0.15, 0.2) is 71.8 Å². The van der Waals surface area contributed by atoms with Gasteiger partial charge in [0.2, 0.25) is 0 Å². The van der Waals surface area contributed by atoms with Gasteiger partial charge in [0, 0.05) is 22.0 Å². The first-order valence-electron chi connectivity index (χ1n) is 11.0. The molecule has 0 heterocycles. The molecule has 1 aliphatic carbocycles. The fourth-order valence-electron chi connectivity index (χ4n) is 6.03. The molecule has 0 fully saturated rings. The molecule has 1 nitrogen and oxygen atoms in total. The molecular weight excluding hydrogens is 447 g/mol. The van der Waals surface area contributed by atoms with Crippen LogP contribution < -0.4 is 0 Å². The molecule has 0 unspecified atom stereocenters. The van der Waals surface area contributed by atoms with Crippen molar-refractivity contribution in [2.75, 3.05) is 0 Å². The molecule has 0 atom stereocenters. The SMILES string of the molecule is O=C1CC(Cl)=Cc2c1cc1ccc3cc4c5cc(Cl)ccc5cc5ccc6cc2c1c3c6c54. The Morgan fingerprint density at radius 1 is 0.576 bits per heavy atom.